The fourth-order valence-corrected chi connectivity index (χ4v) is 5.85. The number of fused-ring (bicyclic) bond motifs is 1. The van der Waals surface area contributed by atoms with E-state index in [0.717, 1.165) is 54.2 Å². The zero-order valence-corrected chi connectivity index (χ0v) is 22.9. The van der Waals surface area contributed by atoms with Crippen LogP contribution >= 0.6 is 23.2 Å². The molecule has 0 bridgehead atoms. The molecule has 1 aliphatic carbocycles. The first-order valence-electron chi connectivity index (χ1n) is 13.3. The summed E-state index contributed by atoms with van der Waals surface area (Å²) < 4.78 is 18.2. The lowest BCUT2D eigenvalue weighted by atomic mass is 9.89. The van der Waals surface area contributed by atoms with Gasteiger partial charge in [-0.05, 0) is 48.9 Å². The second-order valence-corrected chi connectivity index (χ2v) is 11.0. The molecule has 5 rings (SSSR count). The van der Waals surface area contributed by atoms with E-state index in [2.05, 4.69) is 14.9 Å². The number of rotatable bonds is 8. The molecule has 1 unspecified atom stereocenters. The molecule has 8 heteroatoms. The third-order valence-electron chi connectivity index (χ3n) is 7.46. The minimum Gasteiger partial charge on any atom is -0.493 e. The van der Waals surface area contributed by atoms with E-state index in [1.165, 1.54) is 38.6 Å². The number of aromatic nitrogens is 2. The Morgan fingerprint density at radius 2 is 1.86 bits per heavy atom. The quantitative estimate of drug-likeness (QED) is 0.319. The molecular formula is C29H35Cl2N3O3. The molecule has 1 aliphatic heterocycles. The normalized spacial score (nSPS) is 19.6. The molecule has 2 aliphatic rings. The van der Waals surface area contributed by atoms with Gasteiger partial charge >= 0.3 is 0 Å². The molecule has 0 radical (unpaired) electrons. The van der Waals surface area contributed by atoms with Gasteiger partial charge in [-0.3, -0.25) is 0 Å². The molecule has 0 amide bonds. The molecule has 0 spiro atoms. The van der Waals surface area contributed by atoms with Gasteiger partial charge in [-0.1, -0.05) is 48.5 Å². The van der Waals surface area contributed by atoms with Crippen molar-refractivity contribution in [2.45, 2.75) is 51.0 Å². The van der Waals surface area contributed by atoms with Gasteiger partial charge in [-0.25, -0.2) is 9.97 Å². The van der Waals surface area contributed by atoms with Crippen molar-refractivity contribution < 1.29 is 14.2 Å². The van der Waals surface area contributed by atoms with Crippen LogP contribution in [0.4, 0.5) is 0 Å². The van der Waals surface area contributed by atoms with Crippen molar-refractivity contribution in [1.29, 1.82) is 0 Å². The van der Waals surface area contributed by atoms with Crippen molar-refractivity contribution in [3.63, 3.8) is 0 Å². The van der Waals surface area contributed by atoms with Crippen LogP contribution in [0.25, 0.3) is 10.9 Å². The van der Waals surface area contributed by atoms with E-state index >= 15 is 0 Å². The molecule has 2 heterocycles. The van der Waals surface area contributed by atoms with Crippen molar-refractivity contribution in [1.82, 2.24) is 14.9 Å². The maximum Gasteiger partial charge on any atom is 0.163 e. The first-order chi connectivity index (χ1) is 18.1. The van der Waals surface area contributed by atoms with Crippen LogP contribution in [-0.2, 0) is 11.2 Å². The van der Waals surface area contributed by atoms with Crippen LogP contribution in [0.5, 0.6) is 11.5 Å². The largest absolute Gasteiger partial charge is 0.493 e. The van der Waals surface area contributed by atoms with Crippen LogP contribution < -0.4 is 9.47 Å². The minimum absolute atomic E-state index is 0.0297. The summed E-state index contributed by atoms with van der Waals surface area (Å²) in [5, 5.41) is 1.99. The predicted molar refractivity (Wildman–Crippen MR) is 148 cm³/mol. The smallest absolute Gasteiger partial charge is 0.163 e. The summed E-state index contributed by atoms with van der Waals surface area (Å²) in [4.78, 5) is 11.6. The van der Waals surface area contributed by atoms with Gasteiger partial charge in [0, 0.05) is 44.1 Å². The molecular weight excluding hydrogens is 509 g/mol. The third kappa shape index (κ3) is 6.85. The highest BCUT2D eigenvalue weighted by Gasteiger charge is 2.24. The summed E-state index contributed by atoms with van der Waals surface area (Å²) in [5.41, 5.74) is 2.72. The molecule has 2 aromatic carbocycles. The highest BCUT2D eigenvalue weighted by Crippen LogP contribution is 2.34. The number of methoxy groups -OCH3 is 1. The van der Waals surface area contributed by atoms with Crippen molar-refractivity contribution in [3.8, 4) is 11.5 Å². The summed E-state index contributed by atoms with van der Waals surface area (Å²) in [6.07, 6.45) is 10.2. The van der Waals surface area contributed by atoms with Crippen LogP contribution in [0.15, 0.2) is 36.7 Å². The molecule has 37 heavy (non-hydrogen) atoms. The number of benzene rings is 2. The monoisotopic (exact) mass is 543 g/mol. The van der Waals surface area contributed by atoms with Crippen molar-refractivity contribution in [2.24, 2.45) is 5.92 Å². The van der Waals surface area contributed by atoms with Crippen molar-refractivity contribution in [3.05, 3.63) is 58.0 Å². The third-order valence-corrected chi connectivity index (χ3v) is 8.20. The van der Waals surface area contributed by atoms with E-state index in [0.29, 0.717) is 34.6 Å². The van der Waals surface area contributed by atoms with Gasteiger partial charge in [-0.15, -0.1) is 0 Å². The molecule has 0 N–H and O–H groups in total. The van der Waals surface area contributed by atoms with Crippen LogP contribution in [0.2, 0.25) is 10.0 Å². The number of halogens is 2. The van der Waals surface area contributed by atoms with Gasteiger partial charge in [0.1, 0.15) is 19.0 Å². The van der Waals surface area contributed by atoms with Crippen LogP contribution in [0, 0.1) is 5.92 Å². The fourth-order valence-electron chi connectivity index (χ4n) is 5.53. The van der Waals surface area contributed by atoms with E-state index < -0.39 is 0 Å². The average molecular weight is 545 g/mol. The van der Waals surface area contributed by atoms with Gasteiger partial charge in [0.25, 0.3) is 0 Å². The first kappa shape index (κ1) is 26.5. The SMILES string of the molecule is COc1cc2c(Cc3ccc(Cl)c(Cl)c3)ncnc2cc1OCC1CN(CC2CCCCC2)CCCO1. The van der Waals surface area contributed by atoms with Gasteiger partial charge in [0.05, 0.1) is 28.4 Å². The summed E-state index contributed by atoms with van der Waals surface area (Å²) in [6, 6.07) is 9.53. The number of hydrogen-bond acceptors (Lipinski definition) is 6. The Labute approximate surface area is 229 Å². The maximum absolute atomic E-state index is 6.29. The minimum atomic E-state index is 0.0297. The predicted octanol–water partition coefficient (Wildman–Crippen LogP) is 6.59. The Morgan fingerprint density at radius 1 is 1.00 bits per heavy atom. The van der Waals surface area contributed by atoms with Crippen LogP contribution in [-0.4, -0.2) is 60.9 Å². The van der Waals surface area contributed by atoms with E-state index in [9.17, 15) is 0 Å². The lowest BCUT2D eigenvalue weighted by molar-refractivity contribution is 0.0182. The fraction of sp³-hybridized carbons (Fsp3) is 0.517. The van der Waals surface area contributed by atoms with Gasteiger partial charge < -0.3 is 19.1 Å². The van der Waals surface area contributed by atoms with E-state index in [1.807, 2.05) is 24.3 Å². The lowest BCUT2D eigenvalue weighted by Gasteiger charge is -2.30. The van der Waals surface area contributed by atoms with E-state index in [4.69, 9.17) is 37.4 Å². The maximum atomic E-state index is 6.29. The topological polar surface area (TPSA) is 56.7 Å². The molecule has 198 valence electrons. The summed E-state index contributed by atoms with van der Waals surface area (Å²) in [5.74, 6) is 2.15. The number of nitrogens with zero attached hydrogens (tertiary/aromatic N) is 3. The van der Waals surface area contributed by atoms with Crippen molar-refractivity contribution >= 4 is 34.1 Å². The number of ether oxygens (including phenoxy) is 3. The Kier molecular flexibility index (Phi) is 9.03. The Bertz CT molecular complexity index is 1200. The van der Waals surface area contributed by atoms with Gasteiger partial charge in [0.2, 0.25) is 0 Å². The second-order valence-electron chi connectivity index (χ2n) is 10.2. The molecule has 1 aromatic heterocycles. The highest BCUT2D eigenvalue weighted by atomic mass is 35.5. The Balaban J connectivity index is 1.28. The molecule has 1 saturated carbocycles. The first-order valence-corrected chi connectivity index (χ1v) is 14.1. The molecule has 3 aromatic rings. The molecule has 2 fully saturated rings. The standard InChI is InChI=1S/C29H35Cl2N3O3/c1-35-28-14-23-26(13-21-8-9-24(30)25(31)12-21)32-19-33-27(23)15-29(28)37-18-22-17-34(10-5-11-36-22)16-20-6-3-2-4-7-20/h8-9,12,14-15,19-20,22H,2-7,10-11,13,16-18H2,1H3. The summed E-state index contributed by atoms with van der Waals surface area (Å²) in [7, 11) is 1.66. The second kappa shape index (κ2) is 12.6. The zero-order chi connectivity index (χ0) is 25.6. The molecule has 1 atom stereocenters. The zero-order valence-electron chi connectivity index (χ0n) is 21.4. The van der Waals surface area contributed by atoms with Gasteiger partial charge in [0.15, 0.2) is 11.5 Å². The molecule has 6 nitrogen and oxygen atoms in total. The van der Waals surface area contributed by atoms with Crippen LogP contribution in [0.3, 0.4) is 0 Å². The van der Waals surface area contributed by atoms with E-state index in [-0.39, 0.29) is 6.10 Å². The number of hydrogen-bond donors (Lipinski definition) is 0. The molecule has 1 saturated heterocycles. The van der Waals surface area contributed by atoms with Crippen molar-refractivity contribution in [2.75, 3.05) is 40.0 Å². The summed E-state index contributed by atoms with van der Waals surface area (Å²) >= 11 is 12.3. The van der Waals surface area contributed by atoms with Crippen LogP contribution in [0.1, 0.15) is 49.8 Å². The summed E-state index contributed by atoms with van der Waals surface area (Å²) in [6.45, 7) is 4.43. The Morgan fingerprint density at radius 3 is 2.68 bits per heavy atom. The van der Waals surface area contributed by atoms with Gasteiger partial charge in [-0.2, -0.15) is 0 Å². The lowest BCUT2D eigenvalue weighted by Crippen LogP contribution is -2.38. The van der Waals surface area contributed by atoms with E-state index in [1.54, 1.807) is 19.5 Å². The average Bonchev–Trinajstić information content (AvgIpc) is 3.14. The Hall–Kier alpha value is -2.12. The highest BCUT2D eigenvalue weighted by molar-refractivity contribution is 6.42.